The minimum atomic E-state index is -0.525. The summed E-state index contributed by atoms with van der Waals surface area (Å²) in [5.41, 5.74) is 0.0397. The molecular formula is C14H17BrFNO2. The van der Waals surface area contributed by atoms with E-state index in [4.69, 9.17) is 4.74 Å². The van der Waals surface area contributed by atoms with E-state index in [1.807, 2.05) is 0 Å². The minimum absolute atomic E-state index is 0.0397. The second-order valence-electron chi connectivity index (χ2n) is 4.59. The smallest absolute Gasteiger partial charge is 0.260 e. The summed E-state index contributed by atoms with van der Waals surface area (Å²) in [4.78, 5) is 14.3. The Morgan fingerprint density at radius 3 is 2.79 bits per heavy atom. The average molecular weight is 330 g/mol. The highest BCUT2D eigenvalue weighted by molar-refractivity contribution is 9.09. The van der Waals surface area contributed by atoms with Gasteiger partial charge in [-0.3, -0.25) is 4.79 Å². The molecule has 1 aromatic rings. The maximum atomic E-state index is 13.9. The van der Waals surface area contributed by atoms with Crippen molar-refractivity contribution in [2.75, 3.05) is 19.0 Å². The Morgan fingerprint density at radius 1 is 1.53 bits per heavy atom. The summed E-state index contributed by atoms with van der Waals surface area (Å²) in [5, 5.41) is 0.687. The summed E-state index contributed by atoms with van der Waals surface area (Å²) >= 11 is 3.35. The number of ether oxygens (including phenoxy) is 1. The number of carbonyl (C=O) groups excluding carboxylic acids is 1. The zero-order valence-corrected chi connectivity index (χ0v) is 12.5. The van der Waals surface area contributed by atoms with Gasteiger partial charge in [-0.05, 0) is 31.4 Å². The zero-order chi connectivity index (χ0) is 13.8. The largest absolute Gasteiger partial charge is 0.496 e. The molecule has 0 unspecified atom stereocenters. The standard InChI is InChI=1S/C14H17BrFNO2/c1-19-12-7-3-6-11(16)13(12)14(18)17(9-8-15)10-4-2-5-10/h3,6-7,10H,2,4-5,8-9H2,1H3. The predicted octanol–water partition coefficient (Wildman–Crippen LogP) is 3.22. The van der Waals surface area contributed by atoms with Crippen LogP contribution in [0.4, 0.5) is 4.39 Å². The number of benzene rings is 1. The summed E-state index contributed by atoms with van der Waals surface area (Å²) in [6, 6.07) is 4.68. The van der Waals surface area contributed by atoms with Crippen LogP contribution in [0, 0.1) is 5.82 Å². The summed E-state index contributed by atoms with van der Waals surface area (Å²) in [6.07, 6.45) is 3.12. The summed E-state index contributed by atoms with van der Waals surface area (Å²) < 4.78 is 19.0. The number of amides is 1. The van der Waals surface area contributed by atoms with Crippen LogP contribution in [-0.2, 0) is 0 Å². The Kier molecular flexibility index (Phi) is 4.80. The zero-order valence-electron chi connectivity index (χ0n) is 10.9. The molecule has 104 valence electrons. The molecule has 0 radical (unpaired) electrons. The number of methoxy groups -OCH3 is 1. The van der Waals surface area contributed by atoms with Crippen molar-refractivity contribution in [1.29, 1.82) is 0 Å². The van der Waals surface area contributed by atoms with Crippen molar-refractivity contribution in [3.05, 3.63) is 29.6 Å². The Hall–Kier alpha value is -1.10. The third-order valence-corrected chi connectivity index (χ3v) is 3.87. The fraction of sp³-hybridized carbons (Fsp3) is 0.500. The Morgan fingerprint density at radius 2 is 2.26 bits per heavy atom. The molecule has 0 saturated heterocycles. The van der Waals surface area contributed by atoms with E-state index in [9.17, 15) is 9.18 Å². The second-order valence-corrected chi connectivity index (χ2v) is 5.38. The van der Waals surface area contributed by atoms with E-state index in [-0.39, 0.29) is 17.5 Å². The highest BCUT2D eigenvalue weighted by Crippen LogP contribution is 2.29. The van der Waals surface area contributed by atoms with Gasteiger partial charge in [0.2, 0.25) is 0 Å². The molecule has 1 aliphatic carbocycles. The van der Waals surface area contributed by atoms with Crippen molar-refractivity contribution >= 4 is 21.8 Å². The van der Waals surface area contributed by atoms with Crippen LogP contribution in [0.25, 0.3) is 0 Å². The molecule has 2 rings (SSSR count). The summed E-state index contributed by atoms with van der Waals surface area (Å²) in [6.45, 7) is 0.584. The number of hydrogen-bond acceptors (Lipinski definition) is 2. The monoisotopic (exact) mass is 329 g/mol. The molecule has 0 aromatic heterocycles. The van der Waals surface area contributed by atoms with Gasteiger partial charge in [0.1, 0.15) is 17.1 Å². The Balaban J connectivity index is 2.30. The van der Waals surface area contributed by atoms with Gasteiger partial charge >= 0.3 is 0 Å². The summed E-state index contributed by atoms with van der Waals surface area (Å²) in [5.74, 6) is -0.508. The molecule has 0 atom stereocenters. The third kappa shape index (κ3) is 2.91. The number of carbonyl (C=O) groups is 1. The SMILES string of the molecule is COc1cccc(F)c1C(=O)N(CCBr)C1CCC1. The molecular weight excluding hydrogens is 313 g/mol. The molecule has 1 saturated carbocycles. The lowest BCUT2D eigenvalue weighted by Gasteiger charge is -2.37. The van der Waals surface area contributed by atoms with Gasteiger partial charge in [-0.25, -0.2) is 4.39 Å². The van der Waals surface area contributed by atoms with E-state index in [2.05, 4.69) is 15.9 Å². The topological polar surface area (TPSA) is 29.5 Å². The van der Waals surface area contributed by atoms with Crippen LogP contribution in [0.1, 0.15) is 29.6 Å². The van der Waals surface area contributed by atoms with Gasteiger partial charge in [0.05, 0.1) is 7.11 Å². The average Bonchev–Trinajstić information content (AvgIpc) is 2.35. The predicted molar refractivity (Wildman–Crippen MR) is 75.4 cm³/mol. The third-order valence-electron chi connectivity index (χ3n) is 3.51. The van der Waals surface area contributed by atoms with E-state index in [0.29, 0.717) is 17.6 Å². The molecule has 19 heavy (non-hydrogen) atoms. The van der Waals surface area contributed by atoms with Gasteiger partial charge in [-0.1, -0.05) is 22.0 Å². The molecule has 1 aliphatic rings. The van der Waals surface area contributed by atoms with Crippen molar-refractivity contribution in [3.63, 3.8) is 0 Å². The fourth-order valence-electron chi connectivity index (χ4n) is 2.26. The van der Waals surface area contributed by atoms with Gasteiger partial charge in [0.25, 0.3) is 5.91 Å². The van der Waals surface area contributed by atoms with Crippen LogP contribution < -0.4 is 4.74 Å². The van der Waals surface area contributed by atoms with Gasteiger partial charge < -0.3 is 9.64 Å². The van der Waals surface area contributed by atoms with Crippen molar-refractivity contribution in [2.24, 2.45) is 0 Å². The van der Waals surface area contributed by atoms with Crippen molar-refractivity contribution in [1.82, 2.24) is 4.90 Å². The Labute approximate surface area is 120 Å². The van der Waals surface area contributed by atoms with E-state index >= 15 is 0 Å². The van der Waals surface area contributed by atoms with Crippen molar-refractivity contribution in [2.45, 2.75) is 25.3 Å². The van der Waals surface area contributed by atoms with E-state index in [1.54, 1.807) is 17.0 Å². The van der Waals surface area contributed by atoms with Crippen LogP contribution in [0.3, 0.4) is 0 Å². The maximum absolute atomic E-state index is 13.9. The molecule has 0 bridgehead atoms. The molecule has 0 heterocycles. The molecule has 0 aliphatic heterocycles. The van der Waals surface area contributed by atoms with Crippen LogP contribution in [0.5, 0.6) is 5.75 Å². The summed E-state index contributed by atoms with van der Waals surface area (Å²) in [7, 11) is 1.45. The molecule has 5 heteroatoms. The molecule has 1 aromatic carbocycles. The van der Waals surface area contributed by atoms with Crippen LogP contribution >= 0.6 is 15.9 Å². The maximum Gasteiger partial charge on any atom is 0.260 e. The number of alkyl halides is 1. The quantitative estimate of drug-likeness (QED) is 0.776. The first-order valence-electron chi connectivity index (χ1n) is 6.38. The lowest BCUT2D eigenvalue weighted by atomic mass is 9.91. The van der Waals surface area contributed by atoms with E-state index in [0.717, 1.165) is 19.3 Å². The first-order chi connectivity index (χ1) is 9.19. The molecule has 1 amide bonds. The number of hydrogen-bond donors (Lipinski definition) is 0. The van der Waals surface area contributed by atoms with Crippen LogP contribution in [0.15, 0.2) is 18.2 Å². The van der Waals surface area contributed by atoms with Crippen LogP contribution in [0.2, 0.25) is 0 Å². The molecule has 3 nitrogen and oxygen atoms in total. The van der Waals surface area contributed by atoms with Crippen molar-refractivity contribution in [3.8, 4) is 5.75 Å². The molecule has 1 fully saturated rings. The number of rotatable bonds is 5. The lowest BCUT2D eigenvalue weighted by molar-refractivity contribution is 0.0591. The van der Waals surface area contributed by atoms with Gasteiger partial charge in [-0.2, -0.15) is 0 Å². The molecule has 0 N–H and O–H groups in total. The number of halogens is 2. The highest BCUT2D eigenvalue weighted by atomic mass is 79.9. The lowest BCUT2D eigenvalue weighted by Crippen LogP contribution is -2.45. The van der Waals surface area contributed by atoms with Gasteiger partial charge in [0, 0.05) is 17.9 Å². The van der Waals surface area contributed by atoms with Gasteiger partial charge in [-0.15, -0.1) is 0 Å². The first-order valence-corrected chi connectivity index (χ1v) is 7.50. The van der Waals surface area contributed by atoms with Crippen LogP contribution in [-0.4, -0.2) is 35.8 Å². The van der Waals surface area contributed by atoms with Crippen molar-refractivity contribution < 1.29 is 13.9 Å². The van der Waals surface area contributed by atoms with E-state index < -0.39 is 5.82 Å². The fourth-order valence-corrected chi connectivity index (χ4v) is 2.65. The second kappa shape index (κ2) is 6.37. The number of nitrogens with zero attached hydrogens (tertiary/aromatic N) is 1. The highest BCUT2D eigenvalue weighted by Gasteiger charge is 2.31. The van der Waals surface area contributed by atoms with Gasteiger partial charge in [0.15, 0.2) is 0 Å². The Bertz CT molecular complexity index is 463. The minimum Gasteiger partial charge on any atom is -0.496 e. The van der Waals surface area contributed by atoms with E-state index in [1.165, 1.54) is 13.2 Å². The first kappa shape index (κ1) is 14.3. The normalized spacial score (nSPS) is 14.9. The molecule has 0 spiro atoms.